The first-order valence-corrected chi connectivity index (χ1v) is 5.28. The Labute approximate surface area is 91.3 Å². The zero-order valence-corrected chi connectivity index (χ0v) is 9.13. The van der Waals surface area contributed by atoms with Gasteiger partial charge in [0, 0.05) is 15.9 Å². The third-order valence-corrected chi connectivity index (χ3v) is 3.25. The average Bonchev–Trinajstić information content (AvgIpc) is 2.70. The second kappa shape index (κ2) is 3.55. The van der Waals surface area contributed by atoms with Gasteiger partial charge in [0.05, 0.1) is 4.88 Å². The maximum absolute atomic E-state index is 10.5. The summed E-state index contributed by atoms with van der Waals surface area (Å²) in [6, 6.07) is 3.25. The molecule has 0 amide bonds. The summed E-state index contributed by atoms with van der Waals surface area (Å²) < 4.78 is 5.82. The first-order chi connectivity index (χ1) is 6.66. The van der Waals surface area contributed by atoms with E-state index in [1.165, 1.54) is 17.4 Å². The lowest BCUT2D eigenvalue weighted by molar-refractivity contribution is 0.0686. The van der Waals surface area contributed by atoms with E-state index in [1.54, 1.807) is 0 Å². The fourth-order valence-electron chi connectivity index (χ4n) is 0.934. The number of thiophene rings is 1. The van der Waals surface area contributed by atoms with Gasteiger partial charge in [-0.1, -0.05) is 5.16 Å². The van der Waals surface area contributed by atoms with Crippen LogP contribution in [0.15, 0.2) is 26.5 Å². The molecule has 0 aliphatic heterocycles. The summed E-state index contributed by atoms with van der Waals surface area (Å²) in [7, 11) is 0. The Balaban J connectivity index is 2.38. The van der Waals surface area contributed by atoms with Gasteiger partial charge in [-0.05, 0) is 22.0 Å². The maximum Gasteiger partial charge on any atom is 0.358 e. The highest BCUT2D eigenvalue weighted by Gasteiger charge is 2.13. The van der Waals surface area contributed by atoms with E-state index >= 15 is 0 Å². The topological polar surface area (TPSA) is 63.3 Å². The number of carboxylic acids is 1. The minimum absolute atomic E-state index is 0.0791. The van der Waals surface area contributed by atoms with E-state index in [1.807, 2.05) is 11.4 Å². The number of aromatic carboxylic acids is 1. The number of rotatable bonds is 2. The molecule has 1 N–H and O–H groups in total. The van der Waals surface area contributed by atoms with Crippen molar-refractivity contribution >= 4 is 33.2 Å². The maximum atomic E-state index is 10.5. The van der Waals surface area contributed by atoms with Gasteiger partial charge < -0.3 is 9.63 Å². The normalized spacial score (nSPS) is 10.4. The Kier molecular flexibility index (Phi) is 2.39. The molecular weight excluding hydrogens is 270 g/mol. The number of carbonyl (C=O) groups is 1. The molecule has 0 fully saturated rings. The van der Waals surface area contributed by atoms with Crippen molar-refractivity contribution in [3.8, 4) is 10.6 Å². The predicted octanol–water partition coefficient (Wildman–Crippen LogP) is 2.86. The zero-order valence-electron chi connectivity index (χ0n) is 6.73. The minimum atomic E-state index is -1.09. The second-order valence-corrected chi connectivity index (χ2v) is 4.34. The van der Waals surface area contributed by atoms with Crippen LogP contribution in [-0.4, -0.2) is 16.2 Å². The number of hydrogen-bond acceptors (Lipinski definition) is 4. The van der Waals surface area contributed by atoms with E-state index in [0.29, 0.717) is 5.76 Å². The van der Waals surface area contributed by atoms with Crippen molar-refractivity contribution in [1.29, 1.82) is 0 Å². The van der Waals surface area contributed by atoms with Crippen LogP contribution < -0.4 is 0 Å². The van der Waals surface area contributed by atoms with Gasteiger partial charge in [0.1, 0.15) is 0 Å². The lowest BCUT2D eigenvalue weighted by atomic mass is 10.3. The molecule has 2 aromatic heterocycles. The smallest absolute Gasteiger partial charge is 0.358 e. The molecular formula is C8H4BrNO3S. The van der Waals surface area contributed by atoms with Crippen LogP contribution in [-0.2, 0) is 0 Å². The molecule has 0 radical (unpaired) electrons. The van der Waals surface area contributed by atoms with E-state index < -0.39 is 5.97 Å². The van der Waals surface area contributed by atoms with Crippen molar-refractivity contribution in [2.24, 2.45) is 0 Å². The second-order valence-electron chi connectivity index (χ2n) is 2.51. The van der Waals surface area contributed by atoms with Crippen LogP contribution in [0.2, 0.25) is 0 Å². The molecule has 0 aliphatic rings. The minimum Gasteiger partial charge on any atom is -0.476 e. The van der Waals surface area contributed by atoms with Gasteiger partial charge in [-0.25, -0.2) is 4.79 Å². The summed E-state index contributed by atoms with van der Waals surface area (Å²) >= 11 is 4.75. The Morgan fingerprint density at radius 2 is 2.36 bits per heavy atom. The molecule has 0 aromatic carbocycles. The Bertz CT molecular complexity index is 476. The molecule has 0 aliphatic carbocycles. The molecule has 0 bridgehead atoms. The first-order valence-electron chi connectivity index (χ1n) is 3.61. The summed E-state index contributed by atoms with van der Waals surface area (Å²) in [5.41, 5.74) is -0.0791. The van der Waals surface area contributed by atoms with Crippen LogP contribution in [0.25, 0.3) is 10.6 Å². The average molecular weight is 274 g/mol. The highest BCUT2D eigenvalue weighted by Crippen LogP contribution is 2.30. The monoisotopic (exact) mass is 273 g/mol. The van der Waals surface area contributed by atoms with E-state index in [2.05, 4.69) is 21.1 Å². The van der Waals surface area contributed by atoms with Crippen LogP contribution in [0.5, 0.6) is 0 Å². The molecule has 6 heteroatoms. The van der Waals surface area contributed by atoms with Gasteiger partial charge in [0.15, 0.2) is 11.5 Å². The number of nitrogens with zero attached hydrogens (tertiary/aromatic N) is 1. The molecule has 0 unspecified atom stereocenters. The first kappa shape index (κ1) is 9.42. The van der Waals surface area contributed by atoms with Crippen molar-refractivity contribution in [2.75, 3.05) is 0 Å². The molecule has 0 atom stereocenters. The molecule has 4 nitrogen and oxygen atoms in total. The molecule has 72 valence electrons. The number of halogens is 1. The third-order valence-electron chi connectivity index (χ3n) is 1.54. The van der Waals surface area contributed by atoms with Crippen LogP contribution in [0.3, 0.4) is 0 Å². The number of aromatic nitrogens is 1. The van der Waals surface area contributed by atoms with E-state index in [-0.39, 0.29) is 5.69 Å². The summed E-state index contributed by atoms with van der Waals surface area (Å²) in [5.74, 6) is -0.617. The predicted molar refractivity (Wildman–Crippen MR) is 54.5 cm³/mol. The zero-order chi connectivity index (χ0) is 10.1. The lowest BCUT2D eigenvalue weighted by Crippen LogP contribution is -1.94. The molecule has 2 heterocycles. The fraction of sp³-hybridized carbons (Fsp3) is 0. The highest BCUT2D eigenvalue weighted by atomic mass is 79.9. The highest BCUT2D eigenvalue weighted by molar-refractivity contribution is 9.10. The van der Waals surface area contributed by atoms with Gasteiger partial charge in [-0.3, -0.25) is 0 Å². The third kappa shape index (κ3) is 1.71. The Morgan fingerprint density at radius 3 is 2.86 bits per heavy atom. The van der Waals surface area contributed by atoms with Crippen molar-refractivity contribution in [1.82, 2.24) is 5.16 Å². The fourth-order valence-corrected chi connectivity index (χ4v) is 2.31. The molecule has 2 aromatic rings. The van der Waals surface area contributed by atoms with Crippen LogP contribution in [0.1, 0.15) is 10.5 Å². The Morgan fingerprint density at radius 1 is 1.57 bits per heavy atom. The summed E-state index contributed by atoms with van der Waals surface area (Å²) in [6.45, 7) is 0. The molecule has 0 spiro atoms. The largest absolute Gasteiger partial charge is 0.476 e. The van der Waals surface area contributed by atoms with Crippen LogP contribution >= 0.6 is 27.3 Å². The van der Waals surface area contributed by atoms with Crippen molar-refractivity contribution < 1.29 is 14.4 Å². The van der Waals surface area contributed by atoms with Crippen molar-refractivity contribution in [3.63, 3.8) is 0 Å². The SMILES string of the molecule is O=C(O)c1cc(-c2cc(Br)cs2)on1. The van der Waals surface area contributed by atoms with E-state index in [0.717, 1.165) is 9.35 Å². The van der Waals surface area contributed by atoms with Gasteiger partial charge in [-0.2, -0.15) is 0 Å². The van der Waals surface area contributed by atoms with Gasteiger partial charge in [0.2, 0.25) is 0 Å². The molecule has 2 rings (SSSR count). The standard InChI is InChI=1S/C8H4BrNO3S/c9-4-1-7(14-3-4)6-2-5(8(11)12)10-13-6/h1-3H,(H,11,12). The van der Waals surface area contributed by atoms with E-state index in [9.17, 15) is 4.79 Å². The summed E-state index contributed by atoms with van der Waals surface area (Å²) in [6.07, 6.45) is 0. The lowest BCUT2D eigenvalue weighted by Gasteiger charge is -1.83. The van der Waals surface area contributed by atoms with Crippen LogP contribution in [0.4, 0.5) is 0 Å². The van der Waals surface area contributed by atoms with Gasteiger partial charge >= 0.3 is 5.97 Å². The van der Waals surface area contributed by atoms with Crippen molar-refractivity contribution in [3.05, 3.63) is 27.7 Å². The molecule has 14 heavy (non-hydrogen) atoms. The number of hydrogen-bond donors (Lipinski definition) is 1. The molecule has 0 saturated heterocycles. The van der Waals surface area contributed by atoms with Gasteiger partial charge in [-0.15, -0.1) is 11.3 Å². The van der Waals surface area contributed by atoms with Crippen LogP contribution in [0, 0.1) is 0 Å². The Hall–Kier alpha value is -1.14. The number of carboxylic acid groups (broad SMARTS) is 1. The summed E-state index contributed by atoms with van der Waals surface area (Å²) in [5, 5.41) is 13.9. The van der Waals surface area contributed by atoms with E-state index in [4.69, 9.17) is 9.63 Å². The van der Waals surface area contributed by atoms with Crippen molar-refractivity contribution in [2.45, 2.75) is 0 Å². The summed E-state index contributed by atoms with van der Waals surface area (Å²) in [4.78, 5) is 11.4. The quantitative estimate of drug-likeness (QED) is 0.914. The van der Waals surface area contributed by atoms with Gasteiger partial charge in [0.25, 0.3) is 0 Å². The molecule has 0 saturated carbocycles.